The number of aryl methyl sites for hydroxylation is 2. The van der Waals surface area contributed by atoms with Crippen LogP contribution in [-0.2, 0) is 11.3 Å². The molecule has 140 valence electrons. The highest BCUT2D eigenvalue weighted by Crippen LogP contribution is 2.25. The van der Waals surface area contributed by atoms with Crippen molar-refractivity contribution in [3.8, 4) is 5.75 Å². The normalized spacial score (nSPS) is 17.8. The van der Waals surface area contributed by atoms with Crippen LogP contribution in [0.1, 0.15) is 31.2 Å². The van der Waals surface area contributed by atoms with Gasteiger partial charge in [-0.25, -0.2) is 4.98 Å². The lowest BCUT2D eigenvalue weighted by Crippen LogP contribution is -2.51. The Morgan fingerprint density at radius 1 is 1.27 bits per heavy atom. The lowest BCUT2D eigenvalue weighted by molar-refractivity contribution is -0.142. The fourth-order valence-corrected chi connectivity index (χ4v) is 3.32. The quantitative estimate of drug-likeness (QED) is 0.892. The third kappa shape index (κ3) is 4.25. The average molecular weight is 357 g/mol. The van der Waals surface area contributed by atoms with Crippen LogP contribution >= 0.6 is 0 Å². The van der Waals surface area contributed by atoms with Gasteiger partial charge in [-0.05, 0) is 45.7 Å². The Morgan fingerprint density at radius 3 is 2.50 bits per heavy atom. The molecule has 0 bridgehead atoms. The van der Waals surface area contributed by atoms with Crippen molar-refractivity contribution in [1.29, 1.82) is 0 Å². The van der Waals surface area contributed by atoms with Gasteiger partial charge in [0.05, 0.1) is 12.1 Å². The first-order valence-corrected chi connectivity index (χ1v) is 9.08. The van der Waals surface area contributed by atoms with Crippen LogP contribution in [0.2, 0.25) is 0 Å². The molecule has 1 N–H and O–H groups in total. The molecule has 1 atom stereocenters. The van der Waals surface area contributed by atoms with Gasteiger partial charge >= 0.3 is 0 Å². The summed E-state index contributed by atoms with van der Waals surface area (Å²) in [5, 5.41) is 10.8. The molecule has 0 spiro atoms. The van der Waals surface area contributed by atoms with Crippen molar-refractivity contribution in [2.45, 2.75) is 51.9 Å². The van der Waals surface area contributed by atoms with Gasteiger partial charge in [-0.2, -0.15) is 0 Å². The van der Waals surface area contributed by atoms with Gasteiger partial charge in [0.15, 0.2) is 6.10 Å². The lowest BCUT2D eigenvalue weighted by atomic mass is 9.91. The number of hydrogen-bond acceptors (Lipinski definition) is 4. The highest BCUT2D eigenvalue weighted by atomic mass is 16.5. The highest BCUT2D eigenvalue weighted by Gasteiger charge is 2.35. The van der Waals surface area contributed by atoms with Crippen LogP contribution in [-0.4, -0.2) is 50.3 Å². The maximum atomic E-state index is 12.7. The molecule has 1 unspecified atom stereocenters. The minimum atomic E-state index is -0.802. The minimum absolute atomic E-state index is 0.0357. The summed E-state index contributed by atoms with van der Waals surface area (Å²) in [6, 6.07) is 7.68. The monoisotopic (exact) mass is 357 g/mol. The molecule has 2 heterocycles. The number of likely N-dealkylation sites (tertiary alicyclic amines) is 1. The number of aromatic nitrogens is 2. The molecule has 26 heavy (non-hydrogen) atoms. The molecule has 3 rings (SSSR count). The number of carbonyl (C=O) groups is 1. The van der Waals surface area contributed by atoms with E-state index in [1.165, 1.54) is 0 Å². The van der Waals surface area contributed by atoms with Gasteiger partial charge in [0.25, 0.3) is 5.91 Å². The Kier molecular flexibility index (Phi) is 5.32. The lowest BCUT2D eigenvalue weighted by Gasteiger charge is -2.39. The van der Waals surface area contributed by atoms with Gasteiger partial charge in [-0.3, -0.25) is 4.79 Å². The van der Waals surface area contributed by atoms with Crippen LogP contribution in [0.4, 0.5) is 0 Å². The summed E-state index contributed by atoms with van der Waals surface area (Å²) in [6.45, 7) is 7.29. The van der Waals surface area contributed by atoms with E-state index in [4.69, 9.17) is 4.74 Å². The molecule has 1 saturated heterocycles. The molecule has 1 aromatic heterocycles. The standard InChI is InChI=1S/C20H27N3O3/c1-15-4-6-18(7-5-15)26-16(2)19(24)22-11-8-20(25,9-12-22)14-23-13-10-21-17(23)3/h4-7,10,13,16,25H,8-9,11-12,14H2,1-3H3. The van der Waals surface area contributed by atoms with Gasteiger partial charge in [0.1, 0.15) is 11.6 Å². The predicted octanol–water partition coefficient (Wildman–Crippen LogP) is 2.32. The number of rotatable bonds is 5. The molecule has 0 saturated carbocycles. The van der Waals surface area contributed by atoms with Crippen molar-refractivity contribution in [3.63, 3.8) is 0 Å². The Morgan fingerprint density at radius 2 is 1.92 bits per heavy atom. The second-order valence-corrected chi connectivity index (χ2v) is 7.23. The number of piperidine rings is 1. The van der Waals surface area contributed by atoms with Gasteiger partial charge < -0.3 is 19.3 Å². The zero-order valence-corrected chi connectivity index (χ0v) is 15.7. The van der Waals surface area contributed by atoms with E-state index in [0.717, 1.165) is 11.4 Å². The highest BCUT2D eigenvalue weighted by molar-refractivity contribution is 5.81. The molecule has 0 aliphatic carbocycles. The summed E-state index contributed by atoms with van der Waals surface area (Å²) in [5.74, 6) is 1.55. The summed E-state index contributed by atoms with van der Waals surface area (Å²) < 4.78 is 7.73. The third-order valence-electron chi connectivity index (χ3n) is 5.08. The Bertz CT molecular complexity index is 746. The van der Waals surface area contributed by atoms with E-state index in [1.54, 1.807) is 18.0 Å². The van der Waals surface area contributed by atoms with E-state index in [0.29, 0.717) is 38.2 Å². The molecule has 1 amide bonds. The van der Waals surface area contributed by atoms with E-state index < -0.39 is 11.7 Å². The maximum absolute atomic E-state index is 12.7. The molecule has 6 nitrogen and oxygen atoms in total. The predicted molar refractivity (Wildman–Crippen MR) is 99.0 cm³/mol. The van der Waals surface area contributed by atoms with E-state index in [1.807, 2.05) is 48.9 Å². The van der Waals surface area contributed by atoms with Crippen molar-refractivity contribution in [2.75, 3.05) is 13.1 Å². The number of carbonyl (C=O) groups excluding carboxylic acids is 1. The number of nitrogens with zero attached hydrogens (tertiary/aromatic N) is 3. The van der Waals surface area contributed by atoms with E-state index in [2.05, 4.69) is 4.98 Å². The van der Waals surface area contributed by atoms with Gasteiger partial charge in [-0.15, -0.1) is 0 Å². The van der Waals surface area contributed by atoms with Crippen LogP contribution in [0.3, 0.4) is 0 Å². The van der Waals surface area contributed by atoms with E-state index in [-0.39, 0.29) is 5.91 Å². The zero-order chi connectivity index (χ0) is 18.7. The average Bonchev–Trinajstić information content (AvgIpc) is 3.01. The second-order valence-electron chi connectivity index (χ2n) is 7.23. The molecule has 0 radical (unpaired) electrons. The Hall–Kier alpha value is -2.34. The molecule has 1 aliphatic heterocycles. The fraction of sp³-hybridized carbons (Fsp3) is 0.500. The van der Waals surface area contributed by atoms with E-state index in [9.17, 15) is 9.90 Å². The van der Waals surface area contributed by atoms with Gasteiger partial charge in [0.2, 0.25) is 0 Å². The van der Waals surface area contributed by atoms with Crippen LogP contribution in [0.25, 0.3) is 0 Å². The zero-order valence-electron chi connectivity index (χ0n) is 15.7. The molecule has 6 heteroatoms. The SMILES string of the molecule is Cc1ccc(OC(C)C(=O)N2CCC(O)(Cn3ccnc3C)CC2)cc1. The molecule has 1 aromatic carbocycles. The van der Waals surface area contributed by atoms with Crippen molar-refractivity contribution < 1.29 is 14.6 Å². The Balaban J connectivity index is 1.54. The van der Waals surface area contributed by atoms with Crippen LogP contribution in [0.5, 0.6) is 5.75 Å². The molecule has 1 aliphatic rings. The topological polar surface area (TPSA) is 67.6 Å². The van der Waals surface area contributed by atoms with Crippen molar-refractivity contribution >= 4 is 5.91 Å². The minimum Gasteiger partial charge on any atom is -0.481 e. The van der Waals surface area contributed by atoms with Crippen molar-refractivity contribution in [1.82, 2.24) is 14.5 Å². The summed E-state index contributed by atoms with van der Waals surface area (Å²) >= 11 is 0. The summed E-state index contributed by atoms with van der Waals surface area (Å²) in [5.41, 5.74) is 0.350. The molecular weight excluding hydrogens is 330 g/mol. The van der Waals surface area contributed by atoms with E-state index >= 15 is 0 Å². The number of ether oxygens (including phenoxy) is 1. The molecular formula is C20H27N3O3. The van der Waals surface area contributed by atoms with Crippen molar-refractivity contribution in [2.24, 2.45) is 0 Å². The largest absolute Gasteiger partial charge is 0.481 e. The third-order valence-corrected chi connectivity index (χ3v) is 5.08. The first-order valence-electron chi connectivity index (χ1n) is 9.08. The van der Waals surface area contributed by atoms with Gasteiger partial charge in [-0.1, -0.05) is 17.7 Å². The second kappa shape index (κ2) is 7.50. The first kappa shape index (κ1) is 18.5. The fourth-order valence-electron chi connectivity index (χ4n) is 3.32. The number of hydrogen-bond donors (Lipinski definition) is 1. The molecule has 1 fully saturated rings. The summed E-state index contributed by atoms with van der Waals surface area (Å²) in [4.78, 5) is 18.6. The Labute approximate surface area is 154 Å². The smallest absolute Gasteiger partial charge is 0.263 e. The van der Waals surface area contributed by atoms with Crippen molar-refractivity contribution in [3.05, 3.63) is 48.0 Å². The van der Waals surface area contributed by atoms with Crippen LogP contribution in [0.15, 0.2) is 36.7 Å². The van der Waals surface area contributed by atoms with Crippen LogP contribution in [0, 0.1) is 13.8 Å². The van der Waals surface area contributed by atoms with Gasteiger partial charge in [0, 0.05) is 25.5 Å². The number of imidazole rings is 1. The molecule has 2 aromatic rings. The summed E-state index contributed by atoms with van der Waals surface area (Å²) in [7, 11) is 0. The summed E-state index contributed by atoms with van der Waals surface area (Å²) in [6.07, 6.45) is 4.17. The first-order chi connectivity index (χ1) is 12.4. The number of benzene rings is 1. The maximum Gasteiger partial charge on any atom is 0.263 e. The number of amides is 1. The number of aliphatic hydroxyl groups is 1. The van der Waals surface area contributed by atoms with Crippen LogP contribution < -0.4 is 4.74 Å².